The van der Waals surface area contributed by atoms with Gasteiger partial charge in [0.1, 0.15) is 5.82 Å². The minimum Gasteiger partial charge on any atom is -0.352 e. The fourth-order valence-corrected chi connectivity index (χ4v) is 2.73. The van der Waals surface area contributed by atoms with Crippen LogP contribution in [0.25, 0.3) is 0 Å². The Morgan fingerprint density at radius 2 is 2.05 bits per heavy atom. The lowest BCUT2D eigenvalue weighted by atomic mass is 9.83. The summed E-state index contributed by atoms with van der Waals surface area (Å²) >= 11 is 0. The van der Waals surface area contributed by atoms with Gasteiger partial charge in [0.15, 0.2) is 0 Å². The fourth-order valence-electron chi connectivity index (χ4n) is 2.73. The molecule has 5 heteroatoms. The maximum atomic E-state index is 13.5. The Morgan fingerprint density at radius 3 is 2.70 bits per heavy atom. The van der Waals surface area contributed by atoms with E-state index in [9.17, 15) is 9.18 Å². The van der Waals surface area contributed by atoms with Gasteiger partial charge in [-0.3, -0.25) is 10.6 Å². The Morgan fingerprint density at radius 1 is 1.35 bits per heavy atom. The number of rotatable bonds is 4. The molecule has 1 amide bonds. The van der Waals surface area contributed by atoms with Crippen LogP contribution < -0.4 is 16.6 Å². The number of amides is 1. The van der Waals surface area contributed by atoms with Gasteiger partial charge in [-0.2, -0.15) is 0 Å². The molecular formula is C15H22FN3O. The average molecular weight is 279 g/mol. The molecular weight excluding hydrogens is 257 g/mol. The summed E-state index contributed by atoms with van der Waals surface area (Å²) in [6.45, 7) is 2.91. The van der Waals surface area contributed by atoms with Crippen molar-refractivity contribution in [2.45, 2.75) is 32.6 Å². The molecule has 20 heavy (non-hydrogen) atoms. The molecule has 0 spiro atoms. The third-order valence-corrected chi connectivity index (χ3v) is 4.09. The zero-order valence-corrected chi connectivity index (χ0v) is 11.8. The van der Waals surface area contributed by atoms with Crippen molar-refractivity contribution in [3.05, 3.63) is 29.6 Å². The highest BCUT2D eigenvalue weighted by Crippen LogP contribution is 2.27. The molecule has 0 atom stereocenters. The Bertz CT molecular complexity index is 470. The van der Waals surface area contributed by atoms with E-state index in [0.29, 0.717) is 12.5 Å². The van der Waals surface area contributed by atoms with Gasteiger partial charge in [-0.1, -0.05) is 25.8 Å². The van der Waals surface area contributed by atoms with E-state index >= 15 is 0 Å². The van der Waals surface area contributed by atoms with Gasteiger partial charge in [-0.05, 0) is 36.8 Å². The van der Waals surface area contributed by atoms with Crippen molar-refractivity contribution in [1.29, 1.82) is 0 Å². The van der Waals surface area contributed by atoms with Gasteiger partial charge in [0, 0.05) is 6.54 Å². The molecule has 0 aromatic heterocycles. The summed E-state index contributed by atoms with van der Waals surface area (Å²) in [7, 11) is 0. The van der Waals surface area contributed by atoms with Crippen molar-refractivity contribution < 1.29 is 9.18 Å². The predicted molar refractivity (Wildman–Crippen MR) is 77.7 cm³/mol. The third-order valence-electron chi connectivity index (χ3n) is 4.09. The predicted octanol–water partition coefficient (Wildman–Crippen LogP) is 2.67. The molecule has 0 saturated heterocycles. The molecule has 4 nitrogen and oxygen atoms in total. The maximum absolute atomic E-state index is 13.5. The van der Waals surface area contributed by atoms with Crippen LogP contribution in [0.2, 0.25) is 0 Å². The van der Waals surface area contributed by atoms with E-state index in [-0.39, 0.29) is 17.2 Å². The van der Waals surface area contributed by atoms with Gasteiger partial charge in [0.25, 0.3) is 5.91 Å². The van der Waals surface area contributed by atoms with Crippen molar-refractivity contribution in [2.75, 3.05) is 12.0 Å². The largest absolute Gasteiger partial charge is 0.352 e. The van der Waals surface area contributed by atoms with Gasteiger partial charge in [-0.25, -0.2) is 4.39 Å². The maximum Gasteiger partial charge on any atom is 0.253 e. The number of anilines is 1. The summed E-state index contributed by atoms with van der Waals surface area (Å²) in [6.07, 6.45) is 4.73. The van der Waals surface area contributed by atoms with Gasteiger partial charge in [0.05, 0.1) is 11.3 Å². The highest BCUT2D eigenvalue weighted by atomic mass is 19.1. The molecule has 1 aliphatic rings. The van der Waals surface area contributed by atoms with E-state index in [0.717, 1.165) is 18.8 Å². The number of hydrazine groups is 1. The quantitative estimate of drug-likeness (QED) is 0.586. The Labute approximate surface area is 118 Å². The van der Waals surface area contributed by atoms with Crippen molar-refractivity contribution >= 4 is 11.6 Å². The van der Waals surface area contributed by atoms with E-state index in [1.54, 1.807) is 6.07 Å². The summed E-state index contributed by atoms with van der Waals surface area (Å²) in [5.74, 6) is 5.79. The SMILES string of the molecule is CC1CCC(CNC(=O)c2cccc(F)c2NN)CC1. The van der Waals surface area contributed by atoms with Crippen LogP contribution in [0.3, 0.4) is 0 Å². The Balaban J connectivity index is 1.94. The van der Waals surface area contributed by atoms with E-state index in [4.69, 9.17) is 5.84 Å². The number of para-hydroxylation sites is 1. The molecule has 1 aromatic rings. The second-order valence-corrected chi connectivity index (χ2v) is 5.64. The molecule has 0 bridgehead atoms. The molecule has 0 unspecified atom stereocenters. The molecule has 1 aliphatic carbocycles. The number of nitrogens with one attached hydrogen (secondary N) is 2. The number of nitrogen functional groups attached to an aromatic ring is 1. The summed E-state index contributed by atoms with van der Waals surface area (Å²) in [5.41, 5.74) is 2.54. The summed E-state index contributed by atoms with van der Waals surface area (Å²) < 4.78 is 13.5. The number of nitrogens with two attached hydrogens (primary N) is 1. The number of carbonyl (C=O) groups excluding carboxylic acids is 1. The van der Waals surface area contributed by atoms with Gasteiger partial charge in [0.2, 0.25) is 0 Å². The zero-order chi connectivity index (χ0) is 14.5. The van der Waals surface area contributed by atoms with Crippen molar-refractivity contribution in [1.82, 2.24) is 5.32 Å². The van der Waals surface area contributed by atoms with Gasteiger partial charge < -0.3 is 10.7 Å². The van der Waals surface area contributed by atoms with E-state index < -0.39 is 5.82 Å². The minimum atomic E-state index is -0.522. The lowest BCUT2D eigenvalue weighted by Crippen LogP contribution is -2.32. The monoisotopic (exact) mass is 279 g/mol. The van der Waals surface area contributed by atoms with Gasteiger partial charge in [-0.15, -0.1) is 0 Å². The normalized spacial score (nSPS) is 22.4. The standard InChI is InChI=1S/C15H22FN3O/c1-10-5-7-11(8-6-10)9-18-15(20)12-3-2-4-13(16)14(12)19-17/h2-4,10-11,19H,5-9,17H2,1H3,(H,18,20). The minimum absolute atomic E-state index is 0.0438. The van der Waals surface area contributed by atoms with Crippen molar-refractivity contribution in [3.63, 3.8) is 0 Å². The smallest absolute Gasteiger partial charge is 0.253 e. The van der Waals surface area contributed by atoms with Gasteiger partial charge >= 0.3 is 0 Å². The highest BCUT2D eigenvalue weighted by Gasteiger charge is 2.20. The van der Waals surface area contributed by atoms with Crippen LogP contribution in [0, 0.1) is 17.7 Å². The topological polar surface area (TPSA) is 67.2 Å². The lowest BCUT2D eigenvalue weighted by Gasteiger charge is -2.26. The first-order valence-corrected chi connectivity index (χ1v) is 7.15. The van der Waals surface area contributed by atoms with Crippen molar-refractivity contribution in [2.24, 2.45) is 17.7 Å². The van der Waals surface area contributed by atoms with Crippen LogP contribution >= 0.6 is 0 Å². The molecule has 4 N–H and O–H groups in total. The van der Waals surface area contributed by atoms with Crippen LogP contribution in [-0.2, 0) is 0 Å². The van der Waals surface area contributed by atoms with Crippen LogP contribution in [0.5, 0.6) is 0 Å². The number of halogens is 1. The van der Waals surface area contributed by atoms with Crippen LogP contribution in [0.4, 0.5) is 10.1 Å². The lowest BCUT2D eigenvalue weighted by molar-refractivity contribution is 0.0942. The third kappa shape index (κ3) is 3.48. The van der Waals surface area contributed by atoms with Crippen molar-refractivity contribution in [3.8, 4) is 0 Å². The molecule has 1 fully saturated rings. The second kappa shape index (κ2) is 6.70. The first kappa shape index (κ1) is 14.8. The zero-order valence-electron chi connectivity index (χ0n) is 11.8. The second-order valence-electron chi connectivity index (χ2n) is 5.64. The number of benzene rings is 1. The van der Waals surface area contributed by atoms with Crippen LogP contribution in [0.1, 0.15) is 43.0 Å². The van der Waals surface area contributed by atoms with Crippen LogP contribution in [0.15, 0.2) is 18.2 Å². The first-order valence-electron chi connectivity index (χ1n) is 7.15. The fraction of sp³-hybridized carbons (Fsp3) is 0.533. The molecule has 110 valence electrons. The summed E-state index contributed by atoms with van der Waals surface area (Å²) in [6, 6.07) is 4.35. The number of hydrogen-bond donors (Lipinski definition) is 3. The molecule has 0 radical (unpaired) electrons. The number of carbonyl (C=O) groups is 1. The highest BCUT2D eigenvalue weighted by molar-refractivity contribution is 5.99. The summed E-state index contributed by atoms with van der Waals surface area (Å²) in [4.78, 5) is 12.1. The average Bonchev–Trinajstić information content (AvgIpc) is 2.46. The van der Waals surface area contributed by atoms with E-state index in [2.05, 4.69) is 17.7 Å². The molecule has 2 rings (SSSR count). The number of hydrogen-bond acceptors (Lipinski definition) is 3. The molecule has 0 aliphatic heterocycles. The van der Waals surface area contributed by atoms with E-state index in [1.807, 2.05) is 0 Å². The Kier molecular flexibility index (Phi) is 4.95. The summed E-state index contributed by atoms with van der Waals surface area (Å²) in [5, 5.41) is 2.88. The van der Waals surface area contributed by atoms with E-state index in [1.165, 1.54) is 25.0 Å². The molecule has 0 heterocycles. The first-order chi connectivity index (χ1) is 9.61. The molecule has 1 saturated carbocycles. The van der Waals surface area contributed by atoms with Crippen LogP contribution in [-0.4, -0.2) is 12.5 Å². The molecule has 1 aromatic carbocycles. The Hall–Kier alpha value is -1.62.